The van der Waals surface area contributed by atoms with E-state index in [9.17, 15) is 20.0 Å². The van der Waals surface area contributed by atoms with Crippen LogP contribution in [0.2, 0.25) is 0 Å². The molecule has 30 heavy (non-hydrogen) atoms. The van der Waals surface area contributed by atoms with Crippen molar-refractivity contribution in [2.45, 2.75) is 27.3 Å². The predicted molar refractivity (Wildman–Crippen MR) is 113 cm³/mol. The topological polar surface area (TPSA) is 92.3 Å². The molecule has 0 saturated carbocycles. The number of benzene rings is 2. The Morgan fingerprint density at radius 2 is 1.60 bits per heavy atom. The third-order valence-electron chi connectivity index (χ3n) is 4.93. The molecule has 0 radical (unpaired) electrons. The van der Waals surface area contributed by atoms with Gasteiger partial charge < -0.3 is 9.84 Å². The minimum atomic E-state index is -0.635. The van der Waals surface area contributed by atoms with Gasteiger partial charge in [-0.2, -0.15) is 5.26 Å². The highest BCUT2D eigenvalue weighted by molar-refractivity contribution is 6.01. The van der Waals surface area contributed by atoms with Crippen molar-refractivity contribution in [2.75, 3.05) is 6.61 Å². The lowest BCUT2D eigenvalue weighted by molar-refractivity contribution is 0.0916. The smallest absolute Gasteiger partial charge is 0.271 e. The van der Waals surface area contributed by atoms with Crippen LogP contribution < -0.4 is 10.3 Å². The van der Waals surface area contributed by atoms with Gasteiger partial charge in [0.15, 0.2) is 6.61 Å². The van der Waals surface area contributed by atoms with Crippen LogP contribution in [0.5, 0.6) is 11.6 Å². The van der Waals surface area contributed by atoms with E-state index in [1.165, 1.54) is 6.92 Å². The van der Waals surface area contributed by atoms with E-state index in [0.717, 1.165) is 21.3 Å². The summed E-state index contributed by atoms with van der Waals surface area (Å²) in [4.78, 5) is 25.6. The molecule has 1 heterocycles. The number of Topliss-reactive ketones (excluding diaryl/α,β-unsaturated/α-hetero) is 1. The van der Waals surface area contributed by atoms with Crippen molar-refractivity contribution in [1.29, 1.82) is 5.26 Å². The molecule has 6 nitrogen and oxygen atoms in total. The van der Waals surface area contributed by atoms with E-state index in [4.69, 9.17) is 4.74 Å². The fourth-order valence-electron chi connectivity index (χ4n) is 3.16. The molecule has 0 aliphatic heterocycles. The molecule has 0 amide bonds. The zero-order chi connectivity index (χ0) is 21.8. The summed E-state index contributed by atoms with van der Waals surface area (Å²) < 4.78 is 6.58. The number of carbonyl (C=O) groups excluding carboxylic acids is 1. The Kier molecular flexibility index (Phi) is 6.03. The molecule has 6 heteroatoms. The number of hydrogen-bond acceptors (Lipinski definition) is 5. The maximum absolute atomic E-state index is 12.8. The van der Waals surface area contributed by atoms with Crippen molar-refractivity contribution in [3.05, 3.63) is 92.3 Å². The molecule has 0 bridgehead atoms. The SMILES string of the molecule is Cc1ccc(Cn2c(O)c(C(=O)COc3ccc(C)cc3)c(C)c(C#N)c2=O)cc1. The lowest BCUT2D eigenvalue weighted by atomic mass is 10.0. The second-order valence-electron chi connectivity index (χ2n) is 7.21. The Bertz CT molecular complexity index is 1180. The highest BCUT2D eigenvalue weighted by atomic mass is 16.5. The number of aryl methyl sites for hydroxylation is 2. The van der Waals surface area contributed by atoms with E-state index in [-0.39, 0.29) is 29.8 Å². The number of ketones is 1. The second-order valence-corrected chi connectivity index (χ2v) is 7.21. The van der Waals surface area contributed by atoms with E-state index in [0.29, 0.717) is 5.75 Å². The molecule has 1 aromatic heterocycles. The van der Waals surface area contributed by atoms with Crippen LogP contribution in [0.25, 0.3) is 0 Å². The molecule has 0 aliphatic rings. The molecule has 3 rings (SSSR count). The Morgan fingerprint density at radius 1 is 1.03 bits per heavy atom. The zero-order valence-corrected chi connectivity index (χ0v) is 17.1. The standard InChI is InChI=1S/C24H22N2O4/c1-15-4-8-18(9-5-15)13-26-23(28)20(12-25)17(3)22(24(26)29)21(27)14-30-19-10-6-16(2)7-11-19/h4-11,29H,13-14H2,1-3H3. The molecule has 0 fully saturated rings. The van der Waals surface area contributed by atoms with Crippen molar-refractivity contribution < 1.29 is 14.6 Å². The summed E-state index contributed by atoms with van der Waals surface area (Å²) >= 11 is 0. The monoisotopic (exact) mass is 402 g/mol. The minimum absolute atomic E-state index is 0.0407. The molecule has 1 N–H and O–H groups in total. The van der Waals surface area contributed by atoms with Crippen LogP contribution in [0.1, 0.15) is 38.2 Å². The predicted octanol–water partition coefficient (Wildman–Crippen LogP) is 3.66. The number of carbonyl (C=O) groups is 1. The summed E-state index contributed by atoms with van der Waals surface area (Å²) in [5.41, 5.74) is 2.15. The third-order valence-corrected chi connectivity index (χ3v) is 4.93. The fraction of sp³-hybridized carbons (Fsp3) is 0.208. The summed E-state index contributed by atoms with van der Waals surface area (Å²) in [7, 11) is 0. The van der Waals surface area contributed by atoms with Crippen LogP contribution in [0, 0.1) is 32.1 Å². The number of ether oxygens (including phenoxy) is 1. The lowest BCUT2D eigenvalue weighted by Gasteiger charge is -2.16. The first-order chi connectivity index (χ1) is 14.3. The van der Waals surface area contributed by atoms with E-state index in [2.05, 4.69) is 0 Å². The normalized spacial score (nSPS) is 10.5. The van der Waals surface area contributed by atoms with Gasteiger partial charge >= 0.3 is 0 Å². The quantitative estimate of drug-likeness (QED) is 0.635. The van der Waals surface area contributed by atoms with Crippen molar-refractivity contribution in [2.24, 2.45) is 0 Å². The number of pyridine rings is 1. The Hall–Kier alpha value is -3.85. The van der Waals surface area contributed by atoms with Gasteiger partial charge in [0.1, 0.15) is 17.4 Å². The van der Waals surface area contributed by atoms with Crippen LogP contribution in [0.4, 0.5) is 0 Å². The van der Waals surface area contributed by atoms with Crippen LogP contribution in [0.3, 0.4) is 0 Å². The molecule has 2 aromatic carbocycles. The zero-order valence-electron chi connectivity index (χ0n) is 17.1. The lowest BCUT2D eigenvalue weighted by Crippen LogP contribution is -2.28. The summed E-state index contributed by atoms with van der Waals surface area (Å²) in [5, 5.41) is 20.2. The van der Waals surface area contributed by atoms with Gasteiger partial charge in [0.2, 0.25) is 11.7 Å². The van der Waals surface area contributed by atoms with Crippen LogP contribution in [-0.2, 0) is 6.54 Å². The van der Waals surface area contributed by atoms with Gasteiger partial charge in [-0.05, 0) is 44.0 Å². The van der Waals surface area contributed by atoms with Gasteiger partial charge in [0.05, 0.1) is 12.1 Å². The molecule has 0 spiro atoms. The average molecular weight is 402 g/mol. The maximum atomic E-state index is 12.8. The largest absolute Gasteiger partial charge is 0.494 e. The number of aromatic hydroxyl groups is 1. The average Bonchev–Trinajstić information content (AvgIpc) is 2.72. The summed E-state index contributed by atoms with van der Waals surface area (Å²) in [5.74, 6) is -0.464. The van der Waals surface area contributed by atoms with Crippen LogP contribution >= 0.6 is 0 Å². The minimum Gasteiger partial charge on any atom is -0.494 e. The maximum Gasteiger partial charge on any atom is 0.271 e. The molecule has 152 valence electrons. The second kappa shape index (κ2) is 8.66. The Labute approximate surface area is 174 Å². The van der Waals surface area contributed by atoms with Crippen molar-refractivity contribution in [1.82, 2.24) is 4.57 Å². The third kappa shape index (κ3) is 4.26. The van der Waals surface area contributed by atoms with Gasteiger partial charge in [0.25, 0.3) is 5.56 Å². The first kappa shape index (κ1) is 20.9. The number of nitrogens with zero attached hydrogens (tertiary/aromatic N) is 2. The Morgan fingerprint density at radius 3 is 2.17 bits per heavy atom. The van der Waals surface area contributed by atoms with E-state index in [1.54, 1.807) is 12.1 Å². The van der Waals surface area contributed by atoms with E-state index < -0.39 is 17.2 Å². The first-order valence-electron chi connectivity index (χ1n) is 9.46. The van der Waals surface area contributed by atoms with Crippen molar-refractivity contribution in [3.8, 4) is 17.7 Å². The highest BCUT2D eigenvalue weighted by Gasteiger charge is 2.24. The first-order valence-corrected chi connectivity index (χ1v) is 9.46. The fourth-order valence-corrected chi connectivity index (χ4v) is 3.16. The summed E-state index contributed by atoms with van der Waals surface area (Å²) in [6.45, 7) is 5.08. The highest BCUT2D eigenvalue weighted by Crippen LogP contribution is 2.24. The van der Waals surface area contributed by atoms with Gasteiger partial charge in [-0.15, -0.1) is 0 Å². The van der Waals surface area contributed by atoms with Crippen LogP contribution in [-0.4, -0.2) is 22.1 Å². The number of hydrogen-bond donors (Lipinski definition) is 1. The van der Waals surface area contributed by atoms with Gasteiger partial charge in [0, 0.05) is 0 Å². The van der Waals surface area contributed by atoms with Crippen molar-refractivity contribution >= 4 is 5.78 Å². The van der Waals surface area contributed by atoms with Crippen molar-refractivity contribution in [3.63, 3.8) is 0 Å². The molecular formula is C24H22N2O4. The van der Waals surface area contributed by atoms with Gasteiger partial charge in [-0.25, -0.2) is 0 Å². The molecule has 0 saturated heterocycles. The van der Waals surface area contributed by atoms with E-state index in [1.807, 2.05) is 56.3 Å². The van der Waals surface area contributed by atoms with Gasteiger partial charge in [-0.1, -0.05) is 47.5 Å². The van der Waals surface area contributed by atoms with Crippen LogP contribution in [0.15, 0.2) is 53.3 Å². The molecule has 0 unspecified atom stereocenters. The molecule has 0 aliphatic carbocycles. The summed E-state index contributed by atoms with van der Waals surface area (Å²) in [6.07, 6.45) is 0. The van der Waals surface area contributed by atoms with E-state index >= 15 is 0 Å². The Balaban J connectivity index is 1.97. The number of nitriles is 1. The summed E-state index contributed by atoms with van der Waals surface area (Å²) in [6, 6.07) is 16.5. The number of aromatic nitrogens is 1. The molecule has 3 aromatic rings. The molecule has 0 atom stereocenters. The number of rotatable bonds is 6. The van der Waals surface area contributed by atoms with Gasteiger partial charge in [-0.3, -0.25) is 14.2 Å². The molecular weight excluding hydrogens is 380 g/mol.